The maximum Gasteiger partial charge on any atom is 0.416 e. The summed E-state index contributed by atoms with van der Waals surface area (Å²) in [5.74, 6) is -0.777. The molecule has 1 amide bonds. The Balaban J connectivity index is 2.15. The van der Waals surface area contributed by atoms with Gasteiger partial charge in [-0.05, 0) is 11.6 Å². The number of aromatic nitrogens is 2. The number of aryl methyl sites for hydroxylation is 1. The average Bonchev–Trinajstić information content (AvgIpc) is 2.79. The topological polar surface area (TPSA) is 46.9 Å². The molecular weight excluding hydrogens is 321 g/mol. The van der Waals surface area contributed by atoms with Gasteiger partial charge in [0.05, 0.1) is 12.0 Å². The number of carbonyl (C=O) groups is 1. The number of hydrogen-bond donors (Lipinski definition) is 1. The second-order valence-corrected chi connectivity index (χ2v) is 4.76. The Morgan fingerprint density at radius 1 is 1.30 bits per heavy atom. The molecule has 0 saturated carbocycles. The van der Waals surface area contributed by atoms with Gasteiger partial charge in [-0.15, -0.1) is 0 Å². The smallest absolute Gasteiger partial charge is 0.311 e. The third kappa shape index (κ3) is 4.05. The zero-order valence-electron chi connectivity index (χ0n) is 11.9. The van der Waals surface area contributed by atoms with E-state index in [4.69, 9.17) is 0 Å². The molecule has 4 nitrogen and oxygen atoms in total. The molecule has 1 aromatic carbocycles. The Morgan fingerprint density at radius 3 is 2.52 bits per heavy atom. The number of benzene rings is 1. The van der Waals surface area contributed by atoms with Crippen molar-refractivity contribution in [3.8, 4) is 0 Å². The number of carbonyl (C=O) groups excluding carboxylic acids is 1. The van der Waals surface area contributed by atoms with Crippen molar-refractivity contribution in [1.29, 1.82) is 0 Å². The van der Waals surface area contributed by atoms with E-state index in [9.17, 15) is 26.7 Å². The molecular formula is C14H12F5N3O. The molecule has 9 heteroatoms. The van der Waals surface area contributed by atoms with Gasteiger partial charge >= 0.3 is 6.18 Å². The minimum atomic E-state index is -4.58. The van der Waals surface area contributed by atoms with Crippen molar-refractivity contribution in [2.75, 3.05) is 5.32 Å². The van der Waals surface area contributed by atoms with Gasteiger partial charge in [0.2, 0.25) is 5.91 Å². The summed E-state index contributed by atoms with van der Waals surface area (Å²) < 4.78 is 64.6. The predicted molar refractivity (Wildman–Crippen MR) is 71.9 cm³/mol. The molecule has 0 fully saturated rings. The first-order chi connectivity index (χ1) is 10.7. The first kappa shape index (κ1) is 16.9. The molecule has 1 aromatic heterocycles. The number of amides is 1. The van der Waals surface area contributed by atoms with E-state index in [0.29, 0.717) is 0 Å². The molecule has 0 atom stereocenters. The summed E-state index contributed by atoms with van der Waals surface area (Å²) in [6, 6.07) is 5.65. The van der Waals surface area contributed by atoms with Gasteiger partial charge < -0.3 is 5.32 Å². The predicted octanol–water partition coefficient (Wildman–Crippen LogP) is 3.56. The van der Waals surface area contributed by atoms with E-state index in [1.807, 2.05) is 0 Å². The molecule has 1 heterocycles. The normalized spacial score (nSPS) is 11.8. The second kappa shape index (κ2) is 6.35. The van der Waals surface area contributed by atoms with Crippen LogP contribution < -0.4 is 5.32 Å². The highest BCUT2D eigenvalue weighted by Gasteiger charge is 2.33. The quantitative estimate of drug-likeness (QED) is 0.870. The molecule has 0 aliphatic rings. The maximum atomic E-state index is 12.9. The fourth-order valence-electron chi connectivity index (χ4n) is 2.02. The van der Waals surface area contributed by atoms with Gasteiger partial charge in [0.1, 0.15) is 11.5 Å². The van der Waals surface area contributed by atoms with Crippen molar-refractivity contribution in [1.82, 2.24) is 9.78 Å². The third-order valence-electron chi connectivity index (χ3n) is 3.06. The van der Waals surface area contributed by atoms with Crippen molar-refractivity contribution < 1.29 is 26.7 Å². The number of anilines is 1. The van der Waals surface area contributed by atoms with Crippen molar-refractivity contribution in [2.45, 2.75) is 19.0 Å². The molecule has 0 unspecified atom stereocenters. The fourth-order valence-corrected chi connectivity index (χ4v) is 2.02. The molecule has 124 valence electrons. The molecule has 0 aliphatic carbocycles. The van der Waals surface area contributed by atoms with Gasteiger partial charge in [0.15, 0.2) is 0 Å². The summed E-state index contributed by atoms with van der Waals surface area (Å²) in [5, 5.41) is 5.77. The highest BCUT2D eigenvalue weighted by atomic mass is 19.4. The summed E-state index contributed by atoms with van der Waals surface area (Å²) >= 11 is 0. The van der Waals surface area contributed by atoms with Crippen LogP contribution in [0, 0.1) is 0 Å². The molecule has 1 N–H and O–H groups in total. The Bertz CT molecular complexity index is 709. The van der Waals surface area contributed by atoms with Crippen molar-refractivity contribution in [2.24, 2.45) is 7.05 Å². The van der Waals surface area contributed by atoms with Crippen LogP contribution in [0.1, 0.15) is 23.2 Å². The van der Waals surface area contributed by atoms with Gasteiger partial charge in [0.25, 0.3) is 6.43 Å². The zero-order chi connectivity index (χ0) is 17.2. The van der Waals surface area contributed by atoms with Gasteiger partial charge in [-0.1, -0.05) is 18.2 Å². The van der Waals surface area contributed by atoms with Gasteiger partial charge in [0, 0.05) is 13.1 Å². The summed E-state index contributed by atoms with van der Waals surface area (Å²) in [5.41, 5.74) is -1.64. The molecule has 0 radical (unpaired) electrons. The summed E-state index contributed by atoms with van der Waals surface area (Å²) in [4.78, 5) is 11.9. The molecule has 2 rings (SSSR count). The van der Waals surface area contributed by atoms with Gasteiger partial charge in [-0.2, -0.15) is 18.3 Å². The Labute approximate surface area is 127 Å². The number of alkyl halides is 5. The Kier molecular flexibility index (Phi) is 4.67. The monoisotopic (exact) mass is 333 g/mol. The van der Waals surface area contributed by atoms with Crippen LogP contribution in [0.4, 0.5) is 27.8 Å². The molecule has 0 aliphatic heterocycles. The minimum absolute atomic E-state index is 0.0187. The SMILES string of the molecule is Cn1nc(C(F)F)cc1NC(=O)Cc1ccccc1C(F)(F)F. The van der Waals surface area contributed by atoms with E-state index in [1.54, 1.807) is 0 Å². The highest BCUT2D eigenvalue weighted by molar-refractivity contribution is 5.91. The van der Waals surface area contributed by atoms with Crippen LogP contribution >= 0.6 is 0 Å². The lowest BCUT2D eigenvalue weighted by Gasteiger charge is -2.12. The van der Waals surface area contributed by atoms with Crippen LogP contribution in [0.3, 0.4) is 0 Å². The lowest BCUT2D eigenvalue weighted by molar-refractivity contribution is -0.138. The maximum absolute atomic E-state index is 12.9. The largest absolute Gasteiger partial charge is 0.416 e. The molecule has 23 heavy (non-hydrogen) atoms. The van der Waals surface area contributed by atoms with E-state index in [2.05, 4.69) is 10.4 Å². The number of halogens is 5. The van der Waals surface area contributed by atoms with Crippen LogP contribution in [-0.4, -0.2) is 15.7 Å². The van der Waals surface area contributed by atoms with E-state index in [0.717, 1.165) is 16.8 Å². The second-order valence-electron chi connectivity index (χ2n) is 4.76. The van der Waals surface area contributed by atoms with Crippen LogP contribution in [0.15, 0.2) is 30.3 Å². The van der Waals surface area contributed by atoms with E-state index < -0.39 is 36.2 Å². The summed E-state index contributed by atoms with van der Waals surface area (Å²) in [7, 11) is 1.34. The van der Waals surface area contributed by atoms with Crippen LogP contribution in [-0.2, 0) is 24.4 Å². The minimum Gasteiger partial charge on any atom is -0.311 e. The Morgan fingerprint density at radius 2 is 1.96 bits per heavy atom. The first-order valence-electron chi connectivity index (χ1n) is 6.45. The van der Waals surface area contributed by atoms with Crippen LogP contribution in [0.5, 0.6) is 0 Å². The standard InChI is InChI=1S/C14H12F5N3O/c1-22-11(7-10(21-22)13(15)16)20-12(23)6-8-4-2-3-5-9(8)14(17,18)19/h2-5,7,13H,6H2,1H3,(H,20,23). The summed E-state index contributed by atoms with van der Waals surface area (Å²) in [6.45, 7) is 0. The lowest BCUT2D eigenvalue weighted by Crippen LogP contribution is -2.19. The Hall–Kier alpha value is -2.45. The zero-order valence-corrected chi connectivity index (χ0v) is 11.9. The van der Waals surface area contributed by atoms with E-state index in [1.165, 1.54) is 25.2 Å². The average molecular weight is 333 g/mol. The third-order valence-corrected chi connectivity index (χ3v) is 3.06. The molecule has 2 aromatic rings. The fraction of sp³-hybridized carbons (Fsp3) is 0.286. The number of hydrogen-bond acceptors (Lipinski definition) is 2. The lowest BCUT2D eigenvalue weighted by atomic mass is 10.0. The molecule has 0 spiro atoms. The van der Waals surface area contributed by atoms with Crippen molar-refractivity contribution in [3.05, 3.63) is 47.2 Å². The van der Waals surface area contributed by atoms with Crippen LogP contribution in [0.2, 0.25) is 0 Å². The van der Waals surface area contributed by atoms with Crippen molar-refractivity contribution >= 4 is 11.7 Å². The number of nitrogens with zero attached hydrogens (tertiary/aromatic N) is 2. The van der Waals surface area contributed by atoms with E-state index in [-0.39, 0.29) is 11.4 Å². The summed E-state index contributed by atoms with van der Waals surface area (Å²) in [6.07, 6.45) is -7.92. The van der Waals surface area contributed by atoms with Gasteiger partial charge in [-0.25, -0.2) is 8.78 Å². The first-order valence-corrected chi connectivity index (χ1v) is 6.45. The molecule has 0 bridgehead atoms. The number of nitrogens with one attached hydrogen (secondary N) is 1. The molecule has 0 saturated heterocycles. The van der Waals surface area contributed by atoms with E-state index >= 15 is 0 Å². The van der Waals surface area contributed by atoms with Gasteiger partial charge in [-0.3, -0.25) is 9.48 Å². The highest BCUT2D eigenvalue weighted by Crippen LogP contribution is 2.32. The number of rotatable bonds is 4. The van der Waals surface area contributed by atoms with Crippen LogP contribution in [0.25, 0.3) is 0 Å². The van der Waals surface area contributed by atoms with Crippen molar-refractivity contribution in [3.63, 3.8) is 0 Å².